The van der Waals surface area contributed by atoms with Gasteiger partial charge < -0.3 is 10.2 Å². The fourth-order valence-electron chi connectivity index (χ4n) is 4.41. The third-order valence-corrected chi connectivity index (χ3v) is 6.28. The van der Waals surface area contributed by atoms with Crippen LogP contribution in [0.25, 0.3) is 0 Å². The molecule has 29 heavy (non-hydrogen) atoms. The van der Waals surface area contributed by atoms with Gasteiger partial charge in [0.05, 0.1) is 12.6 Å². The van der Waals surface area contributed by atoms with Crippen molar-refractivity contribution < 1.29 is 9.59 Å². The molecule has 0 saturated carbocycles. The highest BCUT2D eigenvalue weighted by Crippen LogP contribution is 2.21. The van der Waals surface area contributed by atoms with E-state index in [2.05, 4.69) is 29.0 Å². The van der Waals surface area contributed by atoms with Gasteiger partial charge in [0.25, 0.3) is 0 Å². The van der Waals surface area contributed by atoms with Crippen molar-refractivity contribution >= 4 is 29.1 Å². The number of hydrogen-bond donors (Lipinski definition) is 1. The van der Waals surface area contributed by atoms with Crippen molar-refractivity contribution in [3.63, 3.8) is 0 Å². The number of hydrogen-bond acceptors (Lipinski definition) is 4. The zero-order valence-electron chi connectivity index (χ0n) is 17.7. The van der Waals surface area contributed by atoms with Gasteiger partial charge in [0.15, 0.2) is 0 Å². The molecule has 0 aromatic heterocycles. The molecule has 0 aliphatic carbocycles. The first kappa shape index (κ1) is 22.1. The molecular weight excluding hydrogens is 388 g/mol. The highest BCUT2D eigenvalue weighted by molar-refractivity contribution is 6.30. The SMILES string of the molecule is C[C@@H]1C[C@@H](C)CN(C(=O)CN2CCN([C@@H](C)C(=O)Nc3ccc(Cl)cc3)CC2)C1. The Kier molecular flexibility index (Phi) is 7.55. The monoisotopic (exact) mass is 420 g/mol. The van der Waals surface area contributed by atoms with Gasteiger partial charge in [-0.05, 0) is 49.4 Å². The Morgan fingerprint density at radius 1 is 1.07 bits per heavy atom. The molecule has 3 rings (SSSR count). The van der Waals surface area contributed by atoms with Crippen LogP contribution in [0.4, 0.5) is 5.69 Å². The van der Waals surface area contributed by atoms with Crippen molar-refractivity contribution in [1.29, 1.82) is 0 Å². The van der Waals surface area contributed by atoms with E-state index in [0.29, 0.717) is 23.4 Å². The summed E-state index contributed by atoms with van der Waals surface area (Å²) < 4.78 is 0. The third-order valence-electron chi connectivity index (χ3n) is 6.03. The predicted octanol–water partition coefficient (Wildman–Crippen LogP) is 2.79. The molecule has 2 aliphatic heterocycles. The lowest BCUT2D eigenvalue weighted by molar-refractivity contribution is -0.136. The summed E-state index contributed by atoms with van der Waals surface area (Å²) in [5.74, 6) is 1.39. The van der Waals surface area contributed by atoms with Gasteiger partial charge in [-0.1, -0.05) is 25.4 Å². The van der Waals surface area contributed by atoms with E-state index < -0.39 is 0 Å². The molecule has 2 saturated heterocycles. The lowest BCUT2D eigenvalue weighted by atomic mass is 9.92. The Hall–Kier alpha value is -1.63. The van der Waals surface area contributed by atoms with Crippen LogP contribution in [-0.2, 0) is 9.59 Å². The maximum absolute atomic E-state index is 12.7. The fourth-order valence-corrected chi connectivity index (χ4v) is 4.54. The first-order valence-electron chi connectivity index (χ1n) is 10.6. The lowest BCUT2D eigenvalue weighted by Gasteiger charge is -2.39. The molecule has 1 aromatic carbocycles. The van der Waals surface area contributed by atoms with Crippen LogP contribution in [0.15, 0.2) is 24.3 Å². The average molecular weight is 421 g/mol. The molecule has 0 unspecified atom stereocenters. The largest absolute Gasteiger partial charge is 0.341 e. The standard InChI is InChI=1S/C22H33ClN4O2/c1-16-12-17(2)14-27(13-16)21(28)15-25-8-10-26(11-9-25)18(3)22(29)24-20-6-4-19(23)5-7-20/h4-7,16-18H,8-15H2,1-3H3,(H,24,29)/t16-,17-,18+/m1/s1. The van der Waals surface area contributed by atoms with Crippen LogP contribution in [0.2, 0.25) is 5.02 Å². The van der Waals surface area contributed by atoms with Crippen molar-refractivity contribution in [2.75, 3.05) is 51.1 Å². The van der Waals surface area contributed by atoms with E-state index in [-0.39, 0.29) is 17.9 Å². The van der Waals surface area contributed by atoms with E-state index in [9.17, 15) is 9.59 Å². The summed E-state index contributed by atoms with van der Waals surface area (Å²) in [6, 6.07) is 6.92. The van der Waals surface area contributed by atoms with Crippen molar-refractivity contribution in [2.24, 2.45) is 11.8 Å². The smallest absolute Gasteiger partial charge is 0.241 e. The van der Waals surface area contributed by atoms with Crippen LogP contribution in [0, 0.1) is 11.8 Å². The number of rotatable bonds is 5. The Morgan fingerprint density at radius 2 is 1.66 bits per heavy atom. The topological polar surface area (TPSA) is 55.9 Å². The molecular formula is C22H33ClN4O2. The molecule has 1 aromatic rings. The number of nitrogens with zero attached hydrogens (tertiary/aromatic N) is 3. The Balaban J connectivity index is 1.44. The van der Waals surface area contributed by atoms with Crippen molar-refractivity contribution in [3.8, 4) is 0 Å². The van der Waals surface area contributed by atoms with Crippen molar-refractivity contribution in [3.05, 3.63) is 29.3 Å². The van der Waals surface area contributed by atoms with Crippen LogP contribution in [0.3, 0.4) is 0 Å². The summed E-state index contributed by atoms with van der Waals surface area (Å²) in [4.78, 5) is 31.7. The minimum absolute atomic E-state index is 0.0202. The Labute approximate surface area is 179 Å². The van der Waals surface area contributed by atoms with Crippen LogP contribution in [0.5, 0.6) is 0 Å². The highest BCUT2D eigenvalue weighted by atomic mass is 35.5. The van der Waals surface area contributed by atoms with Crippen molar-refractivity contribution in [2.45, 2.75) is 33.2 Å². The second-order valence-electron chi connectivity index (χ2n) is 8.73. The minimum Gasteiger partial charge on any atom is -0.341 e. The summed E-state index contributed by atoms with van der Waals surface area (Å²) >= 11 is 5.89. The Morgan fingerprint density at radius 3 is 2.24 bits per heavy atom. The second-order valence-corrected chi connectivity index (χ2v) is 9.17. The summed E-state index contributed by atoms with van der Waals surface area (Å²) in [5.41, 5.74) is 0.750. The van der Waals surface area contributed by atoms with Gasteiger partial charge in [-0.15, -0.1) is 0 Å². The van der Waals surface area contributed by atoms with Gasteiger partial charge in [0.1, 0.15) is 0 Å². The van der Waals surface area contributed by atoms with Crippen LogP contribution < -0.4 is 5.32 Å². The second kappa shape index (κ2) is 9.92. The number of amides is 2. The average Bonchev–Trinajstić information content (AvgIpc) is 2.69. The first-order valence-corrected chi connectivity index (χ1v) is 11.0. The van der Waals surface area contributed by atoms with E-state index in [4.69, 9.17) is 11.6 Å². The predicted molar refractivity (Wildman–Crippen MR) is 117 cm³/mol. The number of likely N-dealkylation sites (tertiary alicyclic amines) is 1. The number of piperazine rings is 1. The number of benzene rings is 1. The van der Waals surface area contributed by atoms with Crippen LogP contribution in [-0.4, -0.2) is 78.4 Å². The van der Waals surface area contributed by atoms with Crippen LogP contribution in [0.1, 0.15) is 27.2 Å². The molecule has 2 fully saturated rings. The molecule has 2 aliphatic rings. The fraction of sp³-hybridized carbons (Fsp3) is 0.636. The van der Waals surface area contributed by atoms with E-state index in [1.807, 2.05) is 11.8 Å². The zero-order chi connectivity index (χ0) is 21.0. The first-order chi connectivity index (χ1) is 13.8. The number of anilines is 1. The maximum atomic E-state index is 12.7. The van der Waals surface area contributed by atoms with Gasteiger partial charge in [0, 0.05) is 50.0 Å². The molecule has 0 bridgehead atoms. The minimum atomic E-state index is -0.215. The van der Waals surface area contributed by atoms with Crippen LogP contribution >= 0.6 is 11.6 Å². The summed E-state index contributed by atoms with van der Waals surface area (Å²) in [6.07, 6.45) is 1.21. The molecule has 2 amide bonds. The number of piperidine rings is 1. The highest BCUT2D eigenvalue weighted by Gasteiger charge is 2.29. The maximum Gasteiger partial charge on any atom is 0.241 e. The summed E-state index contributed by atoms with van der Waals surface area (Å²) in [7, 11) is 0. The molecule has 1 N–H and O–H groups in total. The van der Waals surface area contributed by atoms with Gasteiger partial charge in [-0.3, -0.25) is 19.4 Å². The number of carbonyl (C=O) groups is 2. The van der Waals surface area contributed by atoms with Crippen molar-refractivity contribution in [1.82, 2.24) is 14.7 Å². The molecule has 7 heteroatoms. The van der Waals surface area contributed by atoms with E-state index in [1.165, 1.54) is 6.42 Å². The molecule has 0 spiro atoms. The molecule has 2 heterocycles. The van der Waals surface area contributed by atoms with Gasteiger partial charge >= 0.3 is 0 Å². The lowest BCUT2D eigenvalue weighted by Crippen LogP contribution is -2.55. The van der Waals surface area contributed by atoms with E-state index >= 15 is 0 Å². The molecule has 3 atom stereocenters. The van der Waals surface area contributed by atoms with E-state index in [1.54, 1.807) is 24.3 Å². The number of nitrogens with one attached hydrogen (secondary N) is 1. The quantitative estimate of drug-likeness (QED) is 0.795. The van der Waals surface area contributed by atoms with Gasteiger partial charge in [-0.2, -0.15) is 0 Å². The third kappa shape index (κ3) is 6.17. The summed E-state index contributed by atoms with van der Waals surface area (Å²) in [5, 5.41) is 3.60. The normalized spacial score (nSPS) is 24.9. The molecule has 160 valence electrons. The Bertz CT molecular complexity index is 693. The van der Waals surface area contributed by atoms with Gasteiger partial charge in [-0.25, -0.2) is 0 Å². The molecule has 0 radical (unpaired) electrons. The van der Waals surface area contributed by atoms with E-state index in [0.717, 1.165) is 45.0 Å². The van der Waals surface area contributed by atoms with Gasteiger partial charge in [0.2, 0.25) is 11.8 Å². The zero-order valence-corrected chi connectivity index (χ0v) is 18.5. The number of halogens is 1. The number of carbonyl (C=O) groups excluding carboxylic acids is 2. The molecule has 6 nitrogen and oxygen atoms in total. The summed E-state index contributed by atoms with van der Waals surface area (Å²) in [6.45, 7) is 11.8.